The molecule has 0 aliphatic heterocycles. The third-order valence-electron chi connectivity index (χ3n) is 4.36. The first-order chi connectivity index (χ1) is 14.0. The van der Waals surface area contributed by atoms with Gasteiger partial charge in [0.15, 0.2) is 5.65 Å². The fourth-order valence-corrected chi connectivity index (χ4v) is 2.96. The highest BCUT2D eigenvalue weighted by atomic mass is 16.2. The number of amides is 1. The maximum atomic E-state index is 12.9. The van der Waals surface area contributed by atoms with Crippen LogP contribution < -0.4 is 16.3 Å². The van der Waals surface area contributed by atoms with Crippen molar-refractivity contribution in [1.82, 2.24) is 19.2 Å². The van der Waals surface area contributed by atoms with E-state index in [2.05, 4.69) is 20.7 Å². The van der Waals surface area contributed by atoms with Gasteiger partial charge in [0, 0.05) is 23.1 Å². The van der Waals surface area contributed by atoms with Crippen LogP contribution in [0.3, 0.4) is 0 Å². The summed E-state index contributed by atoms with van der Waals surface area (Å²) in [5.41, 5.74) is 3.28. The summed E-state index contributed by atoms with van der Waals surface area (Å²) in [6, 6.07) is 18.5. The summed E-state index contributed by atoms with van der Waals surface area (Å²) in [7, 11) is 0. The van der Waals surface area contributed by atoms with Crippen LogP contribution in [-0.2, 0) is 11.3 Å². The Kier molecular flexibility index (Phi) is 4.82. The number of benzene rings is 2. The van der Waals surface area contributed by atoms with Gasteiger partial charge in [0.1, 0.15) is 6.54 Å². The third kappa shape index (κ3) is 4.01. The van der Waals surface area contributed by atoms with Crippen molar-refractivity contribution >= 4 is 28.9 Å². The van der Waals surface area contributed by atoms with Gasteiger partial charge in [0.25, 0.3) is 0 Å². The lowest BCUT2D eigenvalue weighted by Crippen LogP contribution is -2.29. The number of fused-ring (bicyclic) bond motifs is 1. The molecule has 29 heavy (non-hydrogen) atoms. The Balaban J connectivity index is 1.65. The van der Waals surface area contributed by atoms with Crippen molar-refractivity contribution in [3.63, 3.8) is 0 Å². The number of nitrogens with one attached hydrogen (secondary N) is 2. The van der Waals surface area contributed by atoms with E-state index in [0.717, 1.165) is 15.9 Å². The Morgan fingerprint density at radius 1 is 1.00 bits per heavy atom. The molecule has 0 radical (unpaired) electrons. The molecule has 2 aromatic carbocycles. The fourth-order valence-electron chi connectivity index (χ4n) is 2.96. The Morgan fingerprint density at radius 2 is 1.72 bits per heavy atom. The van der Waals surface area contributed by atoms with Gasteiger partial charge in [-0.1, -0.05) is 35.9 Å². The van der Waals surface area contributed by atoms with Crippen LogP contribution in [0.4, 0.5) is 17.3 Å². The molecule has 4 aromatic rings. The molecule has 0 fully saturated rings. The van der Waals surface area contributed by atoms with E-state index in [9.17, 15) is 9.59 Å². The highest BCUT2D eigenvalue weighted by Gasteiger charge is 2.15. The molecule has 4 rings (SSSR count). The Hall–Kier alpha value is -3.94. The van der Waals surface area contributed by atoms with E-state index < -0.39 is 5.69 Å². The number of carbonyl (C=O) groups excluding carboxylic acids is 1. The first-order valence-corrected chi connectivity index (χ1v) is 9.15. The Morgan fingerprint density at radius 3 is 2.45 bits per heavy atom. The van der Waals surface area contributed by atoms with Gasteiger partial charge in [-0.25, -0.2) is 18.9 Å². The molecule has 0 aliphatic rings. The number of aryl methyl sites for hydroxylation is 2. The summed E-state index contributed by atoms with van der Waals surface area (Å²) in [5, 5.41) is 10.2. The molecule has 0 unspecified atom stereocenters. The SMILES string of the molecule is Cc1ccc(Nc2nc(C)cc3nn(CC(=O)Nc4ccccc4)c(=O)n23)cc1. The van der Waals surface area contributed by atoms with E-state index >= 15 is 0 Å². The monoisotopic (exact) mass is 388 g/mol. The van der Waals surface area contributed by atoms with Crippen molar-refractivity contribution in [2.45, 2.75) is 20.4 Å². The molecule has 0 aliphatic carbocycles. The van der Waals surface area contributed by atoms with Gasteiger partial charge in [-0.15, -0.1) is 5.10 Å². The quantitative estimate of drug-likeness (QED) is 0.548. The van der Waals surface area contributed by atoms with Crippen molar-refractivity contribution < 1.29 is 4.79 Å². The minimum absolute atomic E-state index is 0.196. The van der Waals surface area contributed by atoms with Crippen molar-refractivity contribution in [1.29, 1.82) is 0 Å². The molecule has 0 spiro atoms. The second-order valence-corrected chi connectivity index (χ2v) is 6.76. The molecule has 1 amide bonds. The van der Waals surface area contributed by atoms with Crippen LogP contribution in [0.15, 0.2) is 65.5 Å². The topological polar surface area (TPSA) is 93.3 Å². The Labute approximate surface area is 166 Å². The highest BCUT2D eigenvalue weighted by molar-refractivity contribution is 5.90. The minimum Gasteiger partial charge on any atom is -0.325 e. The van der Waals surface area contributed by atoms with E-state index in [1.54, 1.807) is 18.2 Å². The Bertz CT molecular complexity index is 1230. The van der Waals surface area contributed by atoms with E-state index in [0.29, 0.717) is 23.0 Å². The van der Waals surface area contributed by atoms with Crippen LogP contribution in [0, 0.1) is 13.8 Å². The van der Waals surface area contributed by atoms with Crippen LogP contribution >= 0.6 is 0 Å². The summed E-state index contributed by atoms with van der Waals surface area (Å²) in [5.74, 6) is 0.0167. The van der Waals surface area contributed by atoms with E-state index in [-0.39, 0.29) is 12.5 Å². The minimum atomic E-state index is -0.440. The summed E-state index contributed by atoms with van der Waals surface area (Å²) in [6.07, 6.45) is 0. The first-order valence-electron chi connectivity index (χ1n) is 9.15. The standard InChI is InChI=1S/C21H20N6O2/c1-14-8-10-17(11-9-14)24-20-22-15(2)12-18-25-26(21(29)27(18)20)13-19(28)23-16-6-4-3-5-7-16/h3-12H,13H2,1-2H3,(H,22,24)(H,23,28). The zero-order valence-electron chi connectivity index (χ0n) is 16.1. The average molecular weight is 388 g/mol. The van der Waals surface area contributed by atoms with Gasteiger partial charge in [-0.2, -0.15) is 0 Å². The van der Waals surface area contributed by atoms with Crippen molar-refractivity contribution in [3.8, 4) is 0 Å². The highest BCUT2D eigenvalue weighted by Crippen LogP contribution is 2.16. The molecule has 0 saturated heterocycles. The predicted molar refractivity (Wildman–Crippen MR) is 112 cm³/mol. The second-order valence-electron chi connectivity index (χ2n) is 6.76. The van der Waals surface area contributed by atoms with Gasteiger partial charge in [0.05, 0.1) is 0 Å². The molecule has 2 aromatic heterocycles. The summed E-state index contributed by atoms with van der Waals surface area (Å²) in [6.45, 7) is 3.63. The summed E-state index contributed by atoms with van der Waals surface area (Å²) < 4.78 is 2.50. The van der Waals surface area contributed by atoms with Crippen LogP contribution in [0.5, 0.6) is 0 Å². The van der Waals surface area contributed by atoms with Crippen LogP contribution in [0.25, 0.3) is 5.65 Å². The van der Waals surface area contributed by atoms with Gasteiger partial charge in [-0.05, 0) is 38.1 Å². The zero-order valence-corrected chi connectivity index (χ0v) is 16.1. The molecule has 2 heterocycles. The van der Waals surface area contributed by atoms with Crippen LogP contribution in [0.1, 0.15) is 11.3 Å². The number of nitrogens with zero attached hydrogens (tertiary/aromatic N) is 4. The molecule has 0 atom stereocenters. The number of para-hydroxylation sites is 1. The molecular formula is C21H20N6O2. The first kappa shape index (κ1) is 18.4. The molecular weight excluding hydrogens is 368 g/mol. The van der Waals surface area contributed by atoms with Crippen LogP contribution in [-0.4, -0.2) is 25.1 Å². The smallest absolute Gasteiger partial charge is 0.325 e. The number of anilines is 3. The molecule has 8 nitrogen and oxygen atoms in total. The van der Waals surface area contributed by atoms with Gasteiger partial charge >= 0.3 is 5.69 Å². The molecule has 146 valence electrons. The zero-order chi connectivity index (χ0) is 20.4. The lowest BCUT2D eigenvalue weighted by atomic mass is 10.2. The van der Waals surface area contributed by atoms with E-state index in [1.807, 2.05) is 56.3 Å². The number of aromatic nitrogens is 4. The number of carbonyl (C=O) groups is 1. The number of hydrogen-bond donors (Lipinski definition) is 2. The maximum Gasteiger partial charge on any atom is 0.353 e. The van der Waals surface area contributed by atoms with E-state index in [4.69, 9.17) is 0 Å². The normalized spacial score (nSPS) is 10.8. The number of hydrogen-bond acceptors (Lipinski definition) is 5. The molecule has 2 N–H and O–H groups in total. The van der Waals surface area contributed by atoms with Gasteiger partial charge in [-0.3, -0.25) is 4.79 Å². The second kappa shape index (κ2) is 7.59. The molecule has 8 heteroatoms. The van der Waals surface area contributed by atoms with E-state index in [1.165, 1.54) is 4.40 Å². The average Bonchev–Trinajstić information content (AvgIpc) is 2.99. The van der Waals surface area contributed by atoms with Gasteiger partial charge in [0.2, 0.25) is 11.9 Å². The lowest BCUT2D eigenvalue weighted by Gasteiger charge is -2.08. The predicted octanol–water partition coefficient (Wildman–Crippen LogP) is 2.89. The maximum absolute atomic E-state index is 12.9. The van der Waals surface area contributed by atoms with Crippen molar-refractivity contribution in [2.75, 3.05) is 10.6 Å². The van der Waals surface area contributed by atoms with Crippen molar-refractivity contribution in [2.24, 2.45) is 0 Å². The fraction of sp³-hybridized carbons (Fsp3) is 0.143. The number of rotatable bonds is 5. The van der Waals surface area contributed by atoms with Crippen molar-refractivity contribution in [3.05, 3.63) is 82.4 Å². The van der Waals surface area contributed by atoms with Crippen LogP contribution in [0.2, 0.25) is 0 Å². The molecule has 0 saturated carbocycles. The van der Waals surface area contributed by atoms with Gasteiger partial charge < -0.3 is 10.6 Å². The summed E-state index contributed by atoms with van der Waals surface area (Å²) in [4.78, 5) is 29.7. The summed E-state index contributed by atoms with van der Waals surface area (Å²) >= 11 is 0. The third-order valence-corrected chi connectivity index (χ3v) is 4.36. The largest absolute Gasteiger partial charge is 0.353 e. The lowest BCUT2D eigenvalue weighted by molar-refractivity contribution is -0.117. The molecule has 0 bridgehead atoms.